The van der Waals surface area contributed by atoms with E-state index in [9.17, 15) is 10.1 Å². The molecule has 190 valence electrons. The van der Waals surface area contributed by atoms with Gasteiger partial charge in [0.05, 0.1) is 22.5 Å². The Labute approximate surface area is 216 Å². The van der Waals surface area contributed by atoms with Crippen molar-refractivity contribution in [3.63, 3.8) is 0 Å². The van der Waals surface area contributed by atoms with E-state index in [0.717, 1.165) is 40.7 Å². The first-order chi connectivity index (χ1) is 17.9. The maximum atomic E-state index is 12.3. The van der Waals surface area contributed by atoms with Crippen LogP contribution in [0.25, 0.3) is 16.5 Å². The second kappa shape index (κ2) is 10.1. The van der Waals surface area contributed by atoms with Crippen LogP contribution in [0.1, 0.15) is 69.4 Å². The van der Waals surface area contributed by atoms with Crippen molar-refractivity contribution < 1.29 is 14.3 Å². The van der Waals surface area contributed by atoms with Gasteiger partial charge in [0.2, 0.25) is 5.88 Å². The number of amides is 1. The first kappa shape index (κ1) is 24.6. The van der Waals surface area contributed by atoms with Crippen LogP contribution in [0.4, 0.5) is 4.79 Å². The standard InChI is InChI=1S/C29H31N5O3/c1-17(2)34-26-15-23(37-28-18(3)31-13-14-32-28)11-12-24(26)25(16-30)27(34)21-7-9-22(10-8-21)33-29(35)36-19(4)20-5-6-20/h7,9,11-15,17,19-20H,5-6,8,10H2,1-4H3,(H,33,35)/t19-/m1/s1. The fourth-order valence-electron chi connectivity index (χ4n) is 4.86. The Morgan fingerprint density at radius 1 is 1.16 bits per heavy atom. The molecule has 1 aromatic carbocycles. The van der Waals surface area contributed by atoms with Crippen molar-refractivity contribution in [2.45, 2.75) is 65.5 Å². The number of fused-ring (bicyclic) bond motifs is 1. The van der Waals surface area contributed by atoms with Crippen molar-refractivity contribution in [1.82, 2.24) is 19.9 Å². The molecule has 2 aliphatic rings. The second-order valence-electron chi connectivity index (χ2n) is 9.98. The fraction of sp³-hybridized carbons (Fsp3) is 0.379. The number of carbonyl (C=O) groups is 1. The summed E-state index contributed by atoms with van der Waals surface area (Å²) in [5, 5.41) is 13.9. The maximum absolute atomic E-state index is 12.3. The summed E-state index contributed by atoms with van der Waals surface area (Å²) in [7, 11) is 0. The van der Waals surface area contributed by atoms with Crippen LogP contribution in [0, 0.1) is 24.2 Å². The molecule has 5 rings (SSSR count). The Balaban J connectivity index is 1.46. The zero-order valence-corrected chi connectivity index (χ0v) is 21.6. The number of nitrogens with one attached hydrogen (secondary N) is 1. The summed E-state index contributed by atoms with van der Waals surface area (Å²) in [6.45, 7) is 8.01. The van der Waals surface area contributed by atoms with Crippen LogP contribution in [0.15, 0.2) is 48.4 Å². The number of hydrogen-bond acceptors (Lipinski definition) is 6. The number of allylic oxidation sites excluding steroid dienone is 4. The van der Waals surface area contributed by atoms with Gasteiger partial charge in [0.25, 0.3) is 0 Å². The third kappa shape index (κ3) is 5.08. The molecule has 0 aliphatic heterocycles. The van der Waals surface area contributed by atoms with E-state index >= 15 is 0 Å². The van der Waals surface area contributed by atoms with Gasteiger partial charge in [-0.25, -0.2) is 9.78 Å². The van der Waals surface area contributed by atoms with Crippen LogP contribution in [0.2, 0.25) is 0 Å². The van der Waals surface area contributed by atoms with Gasteiger partial charge in [0.1, 0.15) is 17.9 Å². The number of ether oxygens (including phenoxy) is 2. The van der Waals surface area contributed by atoms with Crippen molar-refractivity contribution in [3.8, 4) is 17.7 Å². The predicted octanol–water partition coefficient (Wildman–Crippen LogP) is 6.57. The number of aromatic nitrogens is 3. The molecule has 2 heterocycles. The average Bonchev–Trinajstić information content (AvgIpc) is 3.67. The van der Waals surface area contributed by atoms with E-state index in [1.54, 1.807) is 12.4 Å². The highest BCUT2D eigenvalue weighted by Crippen LogP contribution is 2.39. The topological polar surface area (TPSA) is 102 Å². The van der Waals surface area contributed by atoms with Gasteiger partial charge in [-0.1, -0.05) is 6.08 Å². The Bertz CT molecular complexity index is 1460. The van der Waals surface area contributed by atoms with Crippen LogP contribution in [-0.4, -0.2) is 26.7 Å². The van der Waals surface area contributed by atoms with Crippen molar-refractivity contribution in [2.24, 2.45) is 5.92 Å². The van der Waals surface area contributed by atoms with Gasteiger partial charge in [0, 0.05) is 35.6 Å². The minimum absolute atomic E-state index is 0.0538. The van der Waals surface area contributed by atoms with Crippen LogP contribution < -0.4 is 10.1 Å². The maximum Gasteiger partial charge on any atom is 0.411 e. The van der Waals surface area contributed by atoms with Gasteiger partial charge in [0.15, 0.2) is 0 Å². The molecule has 1 amide bonds. The number of alkyl carbamates (subject to hydrolysis) is 1. The third-order valence-electron chi connectivity index (χ3n) is 6.95. The Morgan fingerprint density at radius 3 is 2.59 bits per heavy atom. The molecular formula is C29H31N5O3. The molecule has 0 bridgehead atoms. The van der Waals surface area contributed by atoms with Gasteiger partial charge >= 0.3 is 6.09 Å². The second-order valence-corrected chi connectivity index (χ2v) is 9.98. The van der Waals surface area contributed by atoms with E-state index in [4.69, 9.17) is 9.47 Å². The highest BCUT2D eigenvalue weighted by atomic mass is 16.6. The third-order valence-corrected chi connectivity index (χ3v) is 6.95. The highest BCUT2D eigenvalue weighted by Gasteiger charge is 2.31. The van der Waals surface area contributed by atoms with Crippen LogP contribution >= 0.6 is 0 Å². The minimum atomic E-state index is -0.401. The number of carbonyl (C=O) groups excluding carboxylic acids is 1. The van der Waals surface area contributed by atoms with E-state index in [2.05, 4.69) is 39.8 Å². The largest absolute Gasteiger partial charge is 0.446 e. The molecule has 0 unspecified atom stereocenters. The molecule has 2 aliphatic carbocycles. The molecule has 0 saturated heterocycles. The molecule has 2 aromatic heterocycles. The van der Waals surface area contributed by atoms with Gasteiger partial charge in [-0.05, 0) is 83.1 Å². The zero-order chi connectivity index (χ0) is 26.1. The Hall–Kier alpha value is -4.12. The van der Waals surface area contributed by atoms with Crippen LogP contribution in [0.3, 0.4) is 0 Å². The zero-order valence-electron chi connectivity index (χ0n) is 21.6. The molecule has 1 fully saturated rings. The predicted molar refractivity (Wildman–Crippen MR) is 141 cm³/mol. The number of rotatable bonds is 7. The molecule has 1 saturated carbocycles. The molecule has 1 N–H and O–H groups in total. The summed E-state index contributed by atoms with van der Waals surface area (Å²) in [6.07, 6.45) is 10.3. The van der Waals surface area contributed by atoms with E-state index in [-0.39, 0.29) is 12.1 Å². The van der Waals surface area contributed by atoms with Gasteiger partial charge in [-0.3, -0.25) is 10.3 Å². The molecule has 8 nitrogen and oxygen atoms in total. The van der Waals surface area contributed by atoms with Crippen molar-refractivity contribution in [2.75, 3.05) is 0 Å². The lowest BCUT2D eigenvalue weighted by Crippen LogP contribution is -2.28. The molecule has 8 heteroatoms. The number of nitriles is 1. The summed E-state index contributed by atoms with van der Waals surface area (Å²) < 4.78 is 13.7. The summed E-state index contributed by atoms with van der Waals surface area (Å²) in [6, 6.07) is 8.29. The van der Waals surface area contributed by atoms with E-state index in [0.29, 0.717) is 41.6 Å². The van der Waals surface area contributed by atoms with Crippen molar-refractivity contribution in [1.29, 1.82) is 5.26 Å². The molecular weight excluding hydrogens is 466 g/mol. The summed E-state index contributed by atoms with van der Waals surface area (Å²) >= 11 is 0. The Kier molecular flexibility index (Phi) is 6.70. The monoisotopic (exact) mass is 497 g/mol. The smallest absolute Gasteiger partial charge is 0.411 e. The lowest BCUT2D eigenvalue weighted by Gasteiger charge is -2.21. The average molecular weight is 498 g/mol. The molecule has 3 aromatic rings. The van der Waals surface area contributed by atoms with E-state index in [1.165, 1.54) is 0 Å². The number of benzene rings is 1. The van der Waals surface area contributed by atoms with Gasteiger partial charge in [-0.15, -0.1) is 0 Å². The first-order valence-electron chi connectivity index (χ1n) is 12.8. The van der Waals surface area contributed by atoms with Crippen molar-refractivity contribution in [3.05, 3.63) is 65.4 Å². The highest BCUT2D eigenvalue weighted by molar-refractivity contribution is 5.94. The Morgan fingerprint density at radius 2 is 1.95 bits per heavy atom. The van der Waals surface area contributed by atoms with E-state index < -0.39 is 6.09 Å². The minimum Gasteiger partial charge on any atom is -0.446 e. The number of hydrogen-bond donors (Lipinski definition) is 1. The lowest BCUT2D eigenvalue weighted by atomic mass is 9.96. The van der Waals surface area contributed by atoms with E-state index in [1.807, 2.05) is 44.2 Å². The molecule has 1 atom stereocenters. The summed E-state index contributed by atoms with van der Waals surface area (Å²) in [5.41, 5.74) is 5.04. The first-order valence-corrected chi connectivity index (χ1v) is 12.8. The van der Waals surface area contributed by atoms with Crippen molar-refractivity contribution >= 4 is 22.6 Å². The molecule has 37 heavy (non-hydrogen) atoms. The number of aryl methyl sites for hydroxylation is 1. The van der Waals surface area contributed by atoms with Gasteiger partial charge < -0.3 is 14.0 Å². The van der Waals surface area contributed by atoms with Gasteiger partial charge in [-0.2, -0.15) is 5.26 Å². The quantitative estimate of drug-likeness (QED) is 0.396. The van der Waals surface area contributed by atoms with Crippen LogP contribution in [-0.2, 0) is 4.74 Å². The SMILES string of the molecule is Cc1nccnc1Oc1ccc2c(C#N)c(C3=CC=C(NC(=O)O[C@H](C)C4CC4)CC3)n(C(C)C)c2c1. The normalized spacial score (nSPS) is 16.1. The molecule has 0 spiro atoms. The number of nitrogens with zero attached hydrogens (tertiary/aromatic N) is 4. The lowest BCUT2D eigenvalue weighted by molar-refractivity contribution is 0.0975. The summed E-state index contributed by atoms with van der Waals surface area (Å²) in [4.78, 5) is 20.8. The summed E-state index contributed by atoms with van der Waals surface area (Å²) in [5.74, 6) is 1.58. The fourth-order valence-corrected chi connectivity index (χ4v) is 4.86. The molecule has 0 radical (unpaired) electrons. The van der Waals surface area contributed by atoms with Crippen LogP contribution in [0.5, 0.6) is 11.6 Å².